The topological polar surface area (TPSA) is 38.3 Å². The van der Waals surface area contributed by atoms with Crippen LogP contribution in [0.4, 0.5) is 0 Å². The van der Waals surface area contributed by atoms with Crippen LogP contribution in [0.25, 0.3) is 0 Å². The van der Waals surface area contributed by atoms with Crippen LogP contribution in [0.3, 0.4) is 0 Å². The van der Waals surface area contributed by atoms with Gasteiger partial charge in [0.05, 0.1) is 5.56 Å². The van der Waals surface area contributed by atoms with Gasteiger partial charge in [0.25, 0.3) is 0 Å². The number of rotatable bonds is 6. The number of carbonyl (C=O) groups excluding carboxylic acids is 1. The van der Waals surface area contributed by atoms with Crippen molar-refractivity contribution >= 4 is 5.97 Å². The molecule has 2 aromatic rings. The van der Waals surface area contributed by atoms with Gasteiger partial charge in [-0.3, -0.25) is 0 Å². The van der Waals surface area contributed by atoms with Crippen molar-refractivity contribution in [2.24, 2.45) is 0 Å². The van der Waals surface area contributed by atoms with Crippen molar-refractivity contribution in [1.29, 1.82) is 0 Å². The highest BCUT2D eigenvalue weighted by Gasteiger charge is 2.08. The molecule has 0 saturated heterocycles. The smallest absolute Gasteiger partial charge is 0.338 e. The molecule has 104 valence electrons. The lowest BCUT2D eigenvalue weighted by Gasteiger charge is -2.08. The van der Waals surface area contributed by atoms with Crippen molar-refractivity contribution in [3.05, 3.63) is 71.3 Å². The summed E-state index contributed by atoms with van der Waals surface area (Å²) in [6.07, 6.45) is 0. The molecule has 2 aromatic carbocycles. The fourth-order valence-electron chi connectivity index (χ4n) is 1.92. The van der Waals surface area contributed by atoms with Gasteiger partial charge in [-0.1, -0.05) is 48.5 Å². The number of nitrogens with one attached hydrogen (secondary N) is 1. The summed E-state index contributed by atoms with van der Waals surface area (Å²) in [6, 6.07) is 17.6. The standard InChI is InChI=1S/C17H19NO2/c1-14-7-5-6-10-16(14)17(19)20-12-11-18-13-15-8-3-2-4-9-15/h2-10,18H,11-13H2,1H3. The van der Waals surface area contributed by atoms with E-state index >= 15 is 0 Å². The molecule has 20 heavy (non-hydrogen) atoms. The lowest BCUT2D eigenvalue weighted by molar-refractivity contribution is 0.0507. The number of hydrogen-bond donors (Lipinski definition) is 1. The maximum Gasteiger partial charge on any atom is 0.338 e. The predicted molar refractivity (Wildman–Crippen MR) is 79.6 cm³/mol. The molecule has 0 atom stereocenters. The molecule has 3 nitrogen and oxygen atoms in total. The zero-order valence-electron chi connectivity index (χ0n) is 11.6. The molecule has 0 bridgehead atoms. The lowest BCUT2D eigenvalue weighted by Crippen LogP contribution is -2.21. The highest BCUT2D eigenvalue weighted by Crippen LogP contribution is 2.08. The molecule has 0 radical (unpaired) electrons. The number of esters is 1. The zero-order chi connectivity index (χ0) is 14.2. The minimum Gasteiger partial charge on any atom is -0.461 e. The monoisotopic (exact) mass is 269 g/mol. The first-order valence-electron chi connectivity index (χ1n) is 6.75. The molecule has 1 N–H and O–H groups in total. The summed E-state index contributed by atoms with van der Waals surface area (Å²) >= 11 is 0. The van der Waals surface area contributed by atoms with Gasteiger partial charge in [-0.2, -0.15) is 0 Å². The van der Waals surface area contributed by atoms with Gasteiger partial charge >= 0.3 is 5.97 Å². The van der Waals surface area contributed by atoms with Crippen LogP contribution >= 0.6 is 0 Å². The molecule has 0 fully saturated rings. The molecule has 0 unspecified atom stereocenters. The average Bonchev–Trinajstić information content (AvgIpc) is 2.48. The molecule has 0 spiro atoms. The highest BCUT2D eigenvalue weighted by molar-refractivity contribution is 5.90. The Hall–Kier alpha value is -2.13. The van der Waals surface area contributed by atoms with Gasteiger partial charge in [-0.05, 0) is 24.1 Å². The molecule has 3 heteroatoms. The number of aryl methyl sites for hydroxylation is 1. The predicted octanol–water partition coefficient (Wildman–Crippen LogP) is 2.94. The molecule has 0 aromatic heterocycles. The van der Waals surface area contributed by atoms with Gasteiger partial charge in [-0.15, -0.1) is 0 Å². The number of benzene rings is 2. The van der Waals surface area contributed by atoms with Crippen LogP contribution in [-0.2, 0) is 11.3 Å². The Morgan fingerprint density at radius 2 is 1.75 bits per heavy atom. The third kappa shape index (κ3) is 4.21. The van der Waals surface area contributed by atoms with Crippen LogP contribution in [0.5, 0.6) is 0 Å². The van der Waals surface area contributed by atoms with Crippen molar-refractivity contribution < 1.29 is 9.53 Å². The van der Waals surface area contributed by atoms with Gasteiger partial charge in [0.1, 0.15) is 6.61 Å². The molecule has 0 aliphatic heterocycles. The van der Waals surface area contributed by atoms with Gasteiger partial charge in [0.2, 0.25) is 0 Å². The van der Waals surface area contributed by atoms with Crippen LogP contribution < -0.4 is 5.32 Å². The van der Waals surface area contributed by atoms with Crippen molar-refractivity contribution in [2.75, 3.05) is 13.2 Å². The van der Waals surface area contributed by atoms with E-state index in [1.807, 2.05) is 43.3 Å². The third-order valence-electron chi connectivity index (χ3n) is 3.05. The summed E-state index contributed by atoms with van der Waals surface area (Å²) < 4.78 is 5.25. The van der Waals surface area contributed by atoms with E-state index in [9.17, 15) is 4.79 Å². The molecule has 2 rings (SSSR count). The fraction of sp³-hybridized carbons (Fsp3) is 0.235. The number of hydrogen-bond acceptors (Lipinski definition) is 3. The molecule has 0 aliphatic carbocycles. The van der Waals surface area contributed by atoms with Crippen LogP contribution in [-0.4, -0.2) is 19.1 Å². The summed E-state index contributed by atoms with van der Waals surface area (Å²) in [5.41, 5.74) is 2.79. The molecule has 0 amide bonds. The second-order valence-electron chi connectivity index (χ2n) is 4.61. The third-order valence-corrected chi connectivity index (χ3v) is 3.05. The van der Waals surface area contributed by atoms with E-state index in [4.69, 9.17) is 4.74 Å². The quantitative estimate of drug-likeness (QED) is 0.647. The molecule has 0 saturated carbocycles. The minimum atomic E-state index is -0.260. The van der Waals surface area contributed by atoms with Gasteiger partial charge in [-0.25, -0.2) is 4.79 Å². The van der Waals surface area contributed by atoms with Crippen LogP contribution in [0.2, 0.25) is 0 Å². The van der Waals surface area contributed by atoms with Crippen molar-refractivity contribution in [2.45, 2.75) is 13.5 Å². The van der Waals surface area contributed by atoms with E-state index in [0.29, 0.717) is 18.7 Å². The zero-order valence-corrected chi connectivity index (χ0v) is 11.6. The number of carbonyl (C=O) groups is 1. The molecular formula is C17H19NO2. The van der Waals surface area contributed by atoms with E-state index in [-0.39, 0.29) is 5.97 Å². The van der Waals surface area contributed by atoms with E-state index in [2.05, 4.69) is 17.4 Å². The van der Waals surface area contributed by atoms with E-state index < -0.39 is 0 Å². The summed E-state index contributed by atoms with van der Waals surface area (Å²) in [5, 5.41) is 3.25. The Balaban J connectivity index is 1.69. The van der Waals surface area contributed by atoms with Crippen LogP contribution in [0.15, 0.2) is 54.6 Å². The normalized spacial score (nSPS) is 10.2. The molecule has 0 heterocycles. The second kappa shape index (κ2) is 7.46. The van der Waals surface area contributed by atoms with E-state index in [0.717, 1.165) is 12.1 Å². The summed E-state index contributed by atoms with van der Waals surface area (Å²) in [7, 11) is 0. The van der Waals surface area contributed by atoms with Gasteiger partial charge in [0.15, 0.2) is 0 Å². The average molecular weight is 269 g/mol. The second-order valence-corrected chi connectivity index (χ2v) is 4.61. The highest BCUT2D eigenvalue weighted by atomic mass is 16.5. The Morgan fingerprint density at radius 3 is 2.50 bits per heavy atom. The minimum absolute atomic E-state index is 0.260. The van der Waals surface area contributed by atoms with E-state index in [1.165, 1.54) is 5.56 Å². The number of ether oxygens (including phenoxy) is 1. The van der Waals surface area contributed by atoms with Crippen LogP contribution in [0.1, 0.15) is 21.5 Å². The van der Waals surface area contributed by atoms with Crippen molar-refractivity contribution in [3.63, 3.8) is 0 Å². The lowest BCUT2D eigenvalue weighted by atomic mass is 10.1. The maximum absolute atomic E-state index is 11.8. The summed E-state index contributed by atoms with van der Waals surface area (Å²) in [4.78, 5) is 11.8. The summed E-state index contributed by atoms with van der Waals surface area (Å²) in [5.74, 6) is -0.260. The Bertz CT molecular complexity index is 552. The van der Waals surface area contributed by atoms with Crippen LogP contribution in [0, 0.1) is 6.92 Å². The first kappa shape index (κ1) is 14.3. The van der Waals surface area contributed by atoms with Crippen molar-refractivity contribution in [3.8, 4) is 0 Å². The van der Waals surface area contributed by atoms with Crippen molar-refractivity contribution in [1.82, 2.24) is 5.32 Å². The molecular weight excluding hydrogens is 250 g/mol. The summed E-state index contributed by atoms with van der Waals surface area (Å²) in [6.45, 7) is 3.71. The Morgan fingerprint density at radius 1 is 1.05 bits per heavy atom. The fourth-order valence-corrected chi connectivity index (χ4v) is 1.92. The SMILES string of the molecule is Cc1ccccc1C(=O)OCCNCc1ccccc1. The largest absolute Gasteiger partial charge is 0.461 e. The molecule has 0 aliphatic rings. The van der Waals surface area contributed by atoms with Gasteiger partial charge < -0.3 is 10.1 Å². The first-order chi connectivity index (χ1) is 9.77. The first-order valence-corrected chi connectivity index (χ1v) is 6.75. The Labute approximate surface area is 119 Å². The van der Waals surface area contributed by atoms with Gasteiger partial charge in [0, 0.05) is 13.1 Å². The van der Waals surface area contributed by atoms with E-state index in [1.54, 1.807) is 6.07 Å². The Kier molecular flexibility index (Phi) is 5.33. The maximum atomic E-state index is 11.8.